The molecule has 0 saturated heterocycles. The molecule has 0 aliphatic rings. The molecule has 3 nitrogen and oxygen atoms in total. The second kappa shape index (κ2) is 7.82. The number of para-hydroxylation sites is 1. The van der Waals surface area contributed by atoms with Crippen LogP contribution in [0.3, 0.4) is 0 Å². The van der Waals surface area contributed by atoms with E-state index in [1.54, 1.807) is 18.2 Å². The summed E-state index contributed by atoms with van der Waals surface area (Å²) >= 11 is 8.45. The van der Waals surface area contributed by atoms with E-state index < -0.39 is 0 Å². The van der Waals surface area contributed by atoms with Gasteiger partial charge in [-0.15, -0.1) is 0 Å². The minimum Gasteiger partial charge on any atom is -0.331 e. The first kappa shape index (κ1) is 16.3. The quantitative estimate of drug-likeness (QED) is 0.623. The Bertz CT molecular complexity index is 716. The van der Waals surface area contributed by atoms with Crippen LogP contribution in [0.25, 0.3) is 6.08 Å². The third-order valence-electron chi connectivity index (χ3n) is 2.66. The minimum absolute atomic E-state index is 0.195. The van der Waals surface area contributed by atoms with Gasteiger partial charge >= 0.3 is 0 Å². The topological polar surface area (TPSA) is 41.1 Å². The summed E-state index contributed by atoms with van der Waals surface area (Å²) in [5.74, 6) is -0.686. The molecule has 2 aromatic carbocycles. The van der Waals surface area contributed by atoms with Gasteiger partial charge in [0.15, 0.2) is 5.11 Å². The molecule has 22 heavy (non-hydrogen) atoms. The van der Waals surface area contributed by atoms with Crippen LogP contribution in [-0.2, 0) is 4.79 Å². The number of hydrogen-bond acceptors (Lipinski definition) is 2. The molecule has 0 saturated carbocycles. The molecule has 0 radical (unpaired) electrons. The molecule has 0 spiro atoms. The zero-order chi connectivity index (χ0) is 15.9. The van der Waals surface area contributed by atoms with Crippen molar-refractivity contribution in [1.82, 2.24) is 5.32 Å². The van der Waals surface area contributed by atoms with Crippen LogP contribution in [0.2, 0.25) is 0 Å². The van der Waals surface area contributed by atoms with E-state index in [1.165, 1.54) is 18.2 Å². The predicted octanol–water partition coefficient (Wildman–Crippen LogP) is 4.11. The molecule has 2 N–H and O–H groups in total. The molecule has 0 bridgehead atoms. The zero-order valence-corrected chi connectivity index (χ0v) is 13.7. The van der Waals surface area contributed by atoms with Gasteiger partial charge in [-0.1, -0.05) is 24.3 Å². The smallest absolute Gasteiger partial charge is 0.250 e. The number of carbonyl (C=O) groups is 1. The number of benzene rings is 2. The van der Waals surface area contributed by atoms with Gasteiger partial charge < -0.3 is 5.32 Å². The summed E-state index contributed by atoms with van der Waals surface area (Å²) in [6.07, 6.45) is 2.91. The van der Waals surface area contributed by atoms with Crippen LogP contribution in [0.1, 0.15) is 5.56 Å². The molecule has 0 aromatic heterocycles. The van der Waals surface area contributed by atoms with E-state index in [2.05, 4.69) is 26.6 Å². The van der Waals surface area contributed by atoms with E-state index in [-0.39, 0.29) is 16.8 Å². The highest BCUT2D eigenvalue weighted by molar-refractivity contribution is 9.10. The fourth-order valence-corrected chi connectivity index (χ4v) is 2.21. The summed E-state index contributed by atoms with van der Waals surface area (Å²) in [7, 11) is 0. The van der Waals surface area contributed by atoms with E-state index in [9.17, 15) is 9.18 Å². The number of carbonyl (C=O) groups excluding carboxylic acids is 1. The van der Waals surface area contributed by atoms with Crippen LogP contribution in [0.4, 0.5) is 10.1 Å². The molecule has 0 unspecified atom stereocenters. The lowest BCUT2D eigenvalue weighted by Gasteiger charge is -2.09. The molecule has 1 amide bonds. The molecule has 112 valence electrons. The van der Waals surface area contributed by atoms with Crippen molar-refractivity contribution in [1.29, 1.82) is 0 Å². The van der Waals surface area contributed by atoms with Crippen LogP contribution in [-0.4, -0.2) is 11.0 Å². The predicted molar refractivity (Wildman–Crippen MR) is 93.9 cm³/mol. The number of anilines is 1. The standard InChI is InChI=1S/C16H12BrFN2OS/c17-13-3-1-2-4-14(13)19-16(22)20-15(21)10-7-11-5-8-12(18)9-6-11/h1-10H,(H2,19,20,21,22)/b10-7+. The Kier molecular flexibility index (Phi) is 5.80. The van der Waals surface area contributed by atoms with Crippen molar-refractivity contribution in [2.24, 2.45) is 0 Å². The van der Waals surface area contributed by atoms with Crippen molar-refractivity contribution in [2.75, 3.05) is 5.32 Å². The molecular weight excluding hydrogens is 367 g/mol. The highest BCUT2D eigenvalue weighted by Gasteiger charge is 2.03. The fraction of sp³-hybridized carbons (Fsp3) is 0. The van der Waals surface area contributed by atoms with E-state index in [0.29, 0.717) is 0 Å². The number of hydrogen-bond donors (Lipinski definition) is 2. The summed E-state index contributed by atoms with van der Waals surface area (Å²) in [5, 5.41) is 5.65. The van der Waals surface area contributed by atoms with Crippen LogP contribution < -0.4 is 10.6 Å². The van der Waals surface area contributed by atoms with Crippen LogP contribution in [0, 0.1) is 5.82 Å². The number of rotatable bonds is 3. The van der Waals surface area contributed by atoms with Crippen molar-refractivity contribution in [2.45, 2.75) is 0 Å². The van der Waals surface area contributed by atoms with Crippen LogP contribution in [0.15, 0.2) is 59.1 Å². The van der Waals surface area contributed by atoms with Crippen molar-refractivity contribution >= 4 is 50.9 Å². The summed E-state index contributed by atoms with van der Waals surface area (Å²) in [5.41, 5.74) is 1.48. The first-order valence-electron chi connectivity index (χ1n) is 6.35. The highest BCUT2D eigenvalue weighted by atomic mass is 79.9. The number of amides is 1. The monoisotopic (exact) mass is 378 g/mol. The summed E-state index contributed by atoms with van der Waals surface area (Å²) < 4.78 is 13.6. The molecular formula is C16H12BrFN2OS. The van der Waals surface area contributed by atoms with Gasteiger partial charge in [0.1, 0.15) is 5.82 Å². The third-order valence-corrected chi connectivity index (χ3v) is 3.55. The average Bonchev–Trinajstić information content (AvgIpc) is 2.49. The average molecular weight is 379 g/mol. The van der Waals surface area contributed by atoms with Gasteiger partial charge in [0, 0.05) is 10.5 Å². The van der Waals surface area contributed by atoms with Gasteiger partial charge in [0.2, 0.25) is 5.91 Å². The van der Waals surface area contributed by atoms with Crippen molar-refractivity contribution in [3.63, 3.8) is 0 Å². The number of nitrogens with one attached hydrogen (secondary N) is 2. The highest BCUT2D eigenvalue weighted by Crippen LogP contribution is 2.20. The number of thiocarbonyl (C=S) groups is 1. The Morgan fingerprint density at radius 3 is 2.50 bits per heavy atom. The SMILES string of the molecule is O=C(/C=C/c1ccc(F)cc1)NC(=S)Nc1ccccc1Br. The fourth-order valence-electron chi connectivity index (χ4n) is 1.62. The lowest BCUT2D eigenvalue weighted by Crippen LogP contribution is -2.32. The molecule has 0 heterocycles. The number of halogens is 2. The zero-order valence-electron chi connectivity index (χ0n) is 11.3. The molecule has 0 aliphatic heterocycles. The van der Waals surface area contributed by atoms with Gasteiger partial charge in [0.25, 0.3) is 0 Å². The van der Waals surface area contributed by atoms with Crippen LogP contribution >= 0.6 is 28.1 Å². The largest absolute Gasteiger partial charge is 0.331 e. The third kappa shape index (κ3) is 5.05. The van der Waals surface area contributed by atoms with Gasteiger partial charge in [-0.2, -0.15) is 0 Å². The first-order valence-corrected chi connectivity index (χ1v) is 7.55. The second-order valence-electron chi connectivity index (χ2n) is 4.31. The first-order chi connectivity index (χ1) is 10.5. The molecule has 0 aliphatic carbocycles. The molecule has 6 heteroatoms. The van der Waals surface area contributed by atoms with E-state index >= 15 is 0 Å². The van der Waals surface area contributed by atoms with E-state index in [4.69, 9.17) is 12.2 Å². The molecule has 0 atom stereocenters. The lowest BCUT2D eigenvalue weighted by molar-refractivity contribution is -0.115. The Hall–Kier alpha value is -2.05. The molecule has 2 aromatic rings. The maximum atomic E-state index is 12.8. The van der Waals surface area contributed by atoms with Gasteiger partial charge in [-0.05, 0) is 64.1 Å². The maximum absolute atomic E-state index is 12.8. The Morgan fingerprint density at radius 1 is 1.14 bits per heavy atom. The lowest BCUT2D eigenvalue weighted by atomic mass is 10.2. The van der Waals surface area contributed by atoms with Gasteiger partial charge in [0.05, 0.1) is 5.69 Å². The Labute approximate surface area is 141 Å². The van der Waals surface area contributed by atoms with Crippen LogP contribution in [0.5, 0.6) is 0 Å². The summed E-state index contributed by atoms with van der Waals surface area (Å²) in [6.45, 7) is 0. The summed E-state index contributed by atoms with van der Waals surface area (Å²) in [6, 6.07) is 13.2. The van der Waals surface area contributed by atoms with E-state index in [1.807, 2.05) is 24.3 Å². The summed E-state index contributed by atoms with van der Waals surface area (Å²) in [4.78, 5) is 11.8. The molecule has 2 rings (SSSR count). The Morgan fingerprint density at radius 2 is 1.82 bits per heavy atom. The second-order valence-corrected chi connectivity index (χ2v) is 5.57. The van der Waals surface area contributed by atoms with E-state index in [0.717, 1.165) is 15.7 Å². The van der Waals surface area contributed by atoms with Gasteiger partial charge in [-0.25, -0.2) is 4.39 Å². The van der Waals surface area contributed by atoms with Gasteiger partial charge in [-0.3, -0.25) is 10.1 Å². The minimum atomic E-state index is -0.367. The van der Waals surface area contributed by atoms with Crippen molar-refractivity contribution in [3.8, 4) is 0 Å². The molecule has 0 fully saturated rings. The normalized spacial score (nSPS) is 10.5. The Balaban J connectivity index is 1.90. The van der Waals surface area contributed by atoms with Crippen molar-refractivity contribution < 1.29 is 9.18 Å². The maximum Gasteiger partial charge on any atom is 0.250 e. The van der Waals surface area contributed by atoms with Crippen molar-refractivity contribution in [3.05, 3.63) is 70.5 Å².